The van der Waals surface area contributed by atoms with E-state index in [-0.39, 0.29) is 5.69 Å². The summed E-state index contributed by atoms with van der Waals surface area (Å²) < 4.78 is 0. The fourth-order valence-electron chi connectivity index (χ4n) is 5.33. The van der Waals surface area contributed by atoms with Crippen LogP contribution in [0.2, 0.25) is 10.0 Å². The molecule has 33 heavy (non-hydrogen) atoms. The lowest BCUT2D eigenvalue weighted by molar-refractivity contribution is 0.231. The number of piperidine rings is 1. The lowest BCUT2D eigenvalue weighted by Gasteiger charge is -2.39. The summed E-state index contributed by atoms with van der Waals surface area (Å²) in [6, 6.07) is 16.4. The first kappa shape index (κ1) is 20.5. The molecule has 1 spiro atoms. The predicted octanol–water partition coefficient (Wildman–Crippen LogP) is 5.58. The number of hydrogen-bond acceptors (Lipinski definition) is 5. The summed E-state index contributed by atoms with van der Waals surface area (Å²) in [6.45, 7) is 1.73. The molecule has 3 heterocycles. The van der Waals surface area contributed by atoms with Crippen molar-refractivity contribution in [1.82, 2.24) is 20.2 Å². The number of aromatic amines is 1. The van der Waals surface area contributed by atoms with Crippen molar-refractivity contribution in [1.29, 1.82) is 5.26 Å². The van der Waals surface area contributed by atoms with E-state index in [2.05, 4.69) is 50.4 Å². The number of hydrogen-bond donors (Lipinski definition) is 1. The minimum Gasteiger partial charge on any atom is -0.341 e. The Labute approximate surface area is 201 Å². The van der Waals surface area contributed by atoms with Gasteiger partial charge < -0.3 is 4.90 Å². The summed E-state index contributed by atoms with van der Waals surface area (Å²) in [4.78, 5) is 11.5. The number of fused-ring (bicyclic) bond motifs is 2. The van der Waals surface area contributed by atoms with Crippen LogP contribution in [0, 0.1) is 16.7 Å². The predicted molar refractivity (Wildman–Crippen MR) is 130 cm³/mol. The molecule has 4 aromatic rings. The van der Waals surface area contributed by atoms with E-state index < -0.39 is 0 Å². The van der Waals surface area contributed by atoms with E-state index in [1.54, 1.807) is 12.1 Å². The van der Waals surface area contributed by atoms with Crippen LogP contribution < -0.4 is 4.90 Å². The Bertz CT molecular complexity index is 1400. The molecule has 2 aromatic heterocycles. The van der Waals surface area contributed by atoms with Crippen LogP contribution in [0.5, 0.6) is 0 Å². The maximum absolute atomic E-state index is 9.88. The summed E-state index contributed by atoms with van der Waals surface area (Å²) in [5, 5.41) is 18.6. The molecular weight excluding hydrogens is 455 g/mol. The molecule has 1 saturated heterocycles. The van der Waals surface area contributed by atoms with E-state index in [9.17, 15) is 5.26 Å². The molecule has 1 N–H and O–H groups in total. The minimum absolute atomic E-state index is 0.281. The van der Waals surface area contributed by atoms with Gasteiger partial charge in [-0.2, -0.15) is 15.3 Å². The molecule has 8 heteroatoms. The number of nitrogens with zero attached hydrogens (tertiary/aromatic N) is 5. The number of nitrogens with one attached hydrogen (secondary N) is 1. The summed E-state index contributed by atoms with van der Waals surface area (Å²) >= 11 is 12.6. The van der Waals surface area contributed by atoms with Gasteiger partial charge in [0.05, 0.1) is 15.4 Å². The lowest BCUT2D eigenvalue weighted by atomic mass is 9.76. The zero-order valence-corrected chi connectivity index (χ0v) is 19.3. The smallest absolute Gasteiger partial charge is 0.228 e. The number of rotatable bonds is 2. The van der Waals surface area contributed by atoms with Crippen LogP contribution in [-0.4, -0.2) is 33.3 Å². The van der Waals surface area contributed by atoms with Crippen molar-refractivity contribution in [2.24, 2.45) is 5.41 Å². The second-order valence-corrected chi connectivity index (χ2v) is 9.78. The van der Waals surface area contributed by atoms with Gasteiger partial charge in [0.25, 0.3) is 0 Å². The van der Waals surface area contributed by atoms with Crippen molar-refractivity contribution in [3.05, 3.63) is 69.3 Å². The number of nitriles is 1. The molecule has 0 bridgehead atoms. The third-order valence-corrected chi connectivity index (χ3v) is 7.90. The molecule has 0 amide bonds. The molecule has 6 rings (SSSR count). The summed E-state index contributed by atoms with van der Waals surface area (Å²) in [5.74, 6) is 0.566. The van der Waals surface area contributed by atoms with Gasteiger partial charge in [0.2, 0.25) is 5.95 Å². The average molecular weight is 475 g/mol. The molecule has 0 radical (unpaired) electrons. The van der Waals surface area contributed by atoms with Crippen molar-refractivity contribution in [3.8, 4) is 17.3 Å². The van der Waals surface area contributed by atoms with Crippen LogP contribution in [0.3, 0.4) is 0 Å². The number of H-pyrrole nitrogens is 1. The van der Waals surface area contributed by atoms with Crippen LogP contribution in [0.15, 0.2) is 42.5 Å². The minimum atomic E-state index is 0.281. The Balaban J connectivity index is 1.31. The number of aromatic nitrogens is 4. The first-order valence-corrected chi connectivity index (χ1v) is 11.7. The summed E-state index contributed by atoms with van der Waals surface area (Å²) in [7, 11) is 0. The van der Waals surface area contributed by atoms with E-state index >= 15 is 0 Å². The standard InChI is InChI=1S/C25H20Cl2N6/c26-18-7-3-6-17(21(18)27)22-20-19(14-28)29-24(30-23(20)32-31-22)33-10-8-25(9-11-33)12-15-4-1-2-5-16(15)13-25/h1-7H,8-13H2,(H,29,30,31,32). The number of anilines is 1. The van der Waals surface area contributed by atoms with Crippen LogP contribution >= 0.6 is 23.2 Å². The fraction of sp³-hybridized carbons (Fsp3) is 0.280. The van der Waals surface area contributed by atoms with Crippen molar-refractivity contribution in [3.63, 3.8) is 0 Å². The van der Waals surface area contributed by atoms with Crippen molar-refractivity contribution in [2.75, 3.05) is 18.0 Å². The molecule has 164 valence electrons. The Morgan fingerprint density at radius 3 is 2.39 bits per heavy atom. The van der Waals surface area contributed by atoms with E-state index in [1.807, 2.05) is 6.07 Å². The van der Waals surface area contributed by atoms with Gasteiger partial charge in [-0.15, -0.1) is 0 Å². The SMILES string of the molecule is N#Cc1nc(N2CCC3(CC2)Cc2ccccc2C3)nc2[nH]nc(-c3cccc(Cl)c3Cl)c12. The lowest BCUT2D eigenvalue weighted by Crippen LogP contribution is -2.41. The first-order chi connectivity index (χ1) is 16.1. The van der Waals surface area contributed by atoms with Gasteiger partial charge >= 0.3 is 0 Å². The van der Waals surface area contributed by atoms with Crippen molar-refractivity contribution >= 4 is 40.2 Å². The molecule has 6 nitrogen and oxygen atoms in total. The van der Waals surface area contributed by atoms with E-state index in [0.717, 1.165) is 38.8 Å². The Morgan fingerprint density at radius 2 is 1.70 bits per heavy atom. The molecular formula is C25H20Cl2N6. The zero-order chi connectivity index (χ0) is 22.6. The third kappa shape index (κ3) is 3.35. The summed E-state index contributed by atoms with van der Waals surface area (Å²) in [6.07, 6.45) is 4.45. The average Bonchev–Trinajstić information content (AvgIpc) is 3.42. The van der Waals surface area contributed by atoms with Crippen LogP contribution in [0.25, 0.3) is 22.3 Å². The second kappa shape index (κ2) is 7.72. The third-order valence-electron chi connectivity index (χ3n) is 7.08. The van der Waals surface area contributed by atoms with Crippen LogP contribution in [0.1, 0.15) is 29.7 Å². The zero-order valence-electron chi connectivity index (χ0n) is 17.8. The van der Waals surface area contributed by atoms with Crippen LogP contribution in [0.4, 0.5) is 5.95 Å². The van der Waals surface area contributed by atoms with Gasteiger partial charge in [0.15, 0.2) is 11.3 Å². The number of benzene rings is 2. The second-order valence-electron chi connectivity index (χ2n) is 8.99. The quantitative estimate of drug-likeness (QED) is 0.409. The molecule has 1 fully saturated rings. The highest BCUT2D eigenvalue weighted by atomic mass is 35.5. The molecule has 1 aliphatic carbocycles. The highest BCUT2D eigenvalue weighted by molar-refractivity contribution is 6.43. The fourth-order valence-corrected chi connectivity index (χ4v) is 5.72. The molecule has 2 aromatic carbocycles. The first-order valence-electron chi connectivity index (χ1n) is 11.0. The highest BCUT2D eigenvalue weighted by Crippen LogP contribution is 2.45. The molecule has 0 atom stereocenters. The maximum atomic E-state index is 9.88. The summed E-state index contributed by atoms with van der Waals surface area (Å²) in [5.41, 5.74) is 5.28. The van der Waals surface area contributed by atoms with Crippen LogP contribution in [-0.2, 0) is 12.8 Å². The van der Waals surface area contributed by atoms with Gasteiger partial charge in [-0.1, -0.05) is 59.6 Å². The highest BCUT2D eigenvalue weighted by Gasteiger charge is 2.40. The molecule has 0 saturated carbocycles. The topological polar surface area (TPSA) is 81.5 Å². The van der Waals surface area contributed by atoms with Gasteiger partial charge in [0, 0.05) is 18.7 Å². The van der Waals surface area contributed by atoms with Gasteiger partial charge in [0.1, 0.15) is 11.8 Å². The van der Waals surface area contributed by atoms with Crippen molar-refractivity contribution in [2.45, 2.75) is 25.7 Å². The maximum Gasteiger partial charge on any atom is 0.228 e. The van der Waals surface area contributed by atoms with Gasteiger partial charge in [-0.25, -0.2) is 4.98 Å². The van der Waals surface area contributed by atoms with Gasteiger partial charge in [-0.3, -0.25) is 5.10 Å². The Kier molecular flexibility index (Phi) is 4.79. The normalized spacial score (nSPS) is 16.8. The van der Waals surface area contributed by atoms with Crippen molar-refractivity contribution < 1.29 is 0 Å². The molecule has 2 aliphatic rings. The van der Waals surface area contributed by atoms with E-state index in [1.165, 1.54) is 11.1 Å². The monoisotopic (exact) mass is 474 g/mol. The molecule has 1 aliphatic heterocycles. The Hall–Kier alpha value is -3.14. The molecule has 0 unspecified atom stereocenters. The largest absolute Gasteiger partial charge is 0.341 e. The number of halogens is 2. The van der Waals surface area contributed by atoms with Gasteiger partial charge in [-0.05, 0) is 48.3 Å². The van der Waals surface area contributed by atoms with E-state index in [0.29, 0.717) is 43.7 Å². The van der Waals surface area contributed by atoms with E-state index in [4.69, 9.17) is 28.2 Å². The Morgan fingerprint density at radius 1 is 0.970 bits per heavy atom.